The van der Waals surface area contributed by atoms with Crippen molar-refractivity contribution in [2.24, 2.45) is 0 Å². The van der Waals surface area contributed by atoms with Crippen LogP contribution in [0.5, 0.6) is 0 Å². The largest absolute Gasteiger partial charge is 0.377 e. The van der Waals surface area contributed by atoms with Crippen LogP contribution in [0.1, 0.15) is 34.1 Å². The molecule has 12 heavy (non-hydrogen) atoms. The molecule has 0 spiro atoms. The van der Waals surface area contributed by atoms with Crippen LogP contribution in [-0.2, 0) is 4.74 Å². The Morgan fingerprint density at radius 2 is 2.00 bits per heavy atom. The predicted octanol–water partition coefficient (Wildman–Crippen LogP) is 1.89. The fraction of sp³-hybridized carbons (Fsp3) is 1.00. The lowest BCUT2D eigenvalue weighted by molar-refractivity contribution is -0.0313. The monoisotopic (exact) mass is 171 g/mol. The van der Waals surface area contributed by atoms with Gasteiger partial charge in [-0.1, -0.05) is 0 Å². The number of rotatable bonds is 4. The van der Waals surface area contributed by atoms with Gasteiger partial charge in [0, 0.05) is 18.6 Å². The molecule has 1 rings (SSSR count). The van der Waals surface area contributed by atoms with Crippen molar-refractivity contribution in [2.45, 2.75) is 52.3 Å². The molecule has 0 aromatic carbocycles. The molecule has 0 N–H and O–H groups in total. The van der Waals surface area contributed by atoms with E-state index < -0.39 is 0 Å². The Labute approximate surface area is 75.9 Å². The van der Waals surface area contributed by atoms with Gasteiger partial charge in [-0.05, 0) is 34.1 Å². The van der Waals surface area contributed by atoms with Crippen LogP contribution >= 0.6 is 0 Å². The van der Waals surface area contributed by atoms with Crippen molar-refractivity contribution in [1.82, 2.24) is 4.90 Å². The average molecular weight is 171 g/mol. The summed E-state index contributed by atoms with van der Waals surface area (Å²) in [6, 6.07) is 1.37. The number of hydrogen-bond donors (Lipinski definition) is 0. The van der Waals surface area contributed by atoms with Gasteiger partial charge in [0.05, 0.1) is 12.7 Å². The van der Waals surface area contributed by atoms with E-state index in [2.05, 4.69) is 32.6 Å². The zero-order chi connectivity index (χ0) is 9.14. The molecule has 0 unspecified atom stereocenters. The number of nitrogens with zero attached hydrogens (tertiary/aromatic N) is 1. The van der Waals surface area contributed by atoms with E-state index in [1.54, 1.807) is 0 Å². The molecule has 0 amide bonds. The molecule has 0 aromatic rings. The lowest BCUT2D eigenvalue weighted by atomic mass is 10.0. The maximum atomic E-state index is 5.58. The molecular weight excluding hydrogens is 150 g/mol. The molecule has 0 saturated carbocycles. The quantitative estimate of drug-likeness (QED) is 0.640. The molecular formula is C10H21NO. The first kappa shape index (κ1) is 10.0. The van der Waals surface area contributed by atoms with Gasteiger partial charge in [-0.25, -0.2) is 0 Å². The first-order valence-electron chi connectivity index (χ1n) is 4.98. The van der Waals surface area contributed by atoms with Gasteiger partial charge in [0.1, 0.15) is 0 Å². The second-order valence-corrected chi connectivity index (χ2v) is 4.16. The minimum absolute atomic E-state index is 0.375. The summed E-state index contributed by atoms with van der Waals surface area (Å²) in [4.78, 5) is 2.50. The first-order chi connectivity index (χ1) is 5.61. The third kappa shape index (κ3) is 2.46. The molecule has 2 nitrogen and oxygen atoms in total. The Morgan fingerprint density at radius 1 is 1.33 bits per heavy atom. The molecule has 1 saturated heterocycles. The summed E-state index contributed by atoms with van der Waals surface area (Å²) in [6.45, 7) is 10.9. The summed E-state index contributed by atoms with van der Waals surface area (Å²) in [5, 5.41) is 0. The number of likely N-dealkylation sites (tertiary alicyclic amines) is 1. The fourth-order valence-corrected chi connectivity index (χ4v) is 1.62. The van der Waals surface area contributed by atoms with Gasteiger partial charge in [0.25, 0.3) is 0 Å². The van der Waals surface area contributed by atoms with Crippen molar-refractivity contribution < 1.29 is 4.74 Å². The van der Waals surface area contributed by atoms with E-state index >= 15 is 0 Å². The van der Waals surface area contributed by atoms with Crippen LogP contribution in [0.2, 0.25) is 0 Å². The van der Waals surface area contributed by atoms with Crippen molar-refractivity contribution in [3.8, 4) is 0 Å². The first-order valence-corrected chi connectivity index (χ1v) is 4.98. The topological polar surface area (TPSA) is 12.5 Å². The van der Waals surface area contributed by atoms with Crippen LogP contribution < -0.4 is 0 Å². The van der Waals surface area contributed by atoms with Crippen molar-refractivity contribution in [1.29, 1.82) is 0 Å². The van der Waals surface area contributed by atoms with E-state index in [1.165, 1.54) is 13.0 Å². The molecule has 1 aliphatic rings. The van der Waals surface area contributed by atoms with Gasteiger partial charge in [-0.15, -0.1) is 0 Å². The highest BCUT2D eigenvalue weighted by Crippen LogP contribution is 2.20. The highest BCUT2D eigenvalue weighted by molar-refractivity contribution is 4.84. The average Bonchev–Trinajstić information content (AvgIpc) is 1.82. The third-order valence-electron chi connectivity index (χ3n) is 2.47. The predicted molar refractivity (Wildman–Crippen MR) is 51.3 cm³/mol. The summed E-state index contributed by atoms with van der Waals surface area (Å²) >= 11 is 0. The van der Waals surface area contributed by atoms with Crippen molar-refractivity contribution in [2.75, 3.05) is 13.2 Å². The Morgan fingerprint density at radius 3 is 2.33 bits per heavy atom. The van der Waals surface area contributed by atoms with Crippen molar-refractivity contribution in [3.63, 3.8) is 0 Å². The third-order valence-corrected chi connectivity index (χ3v) is 2.47. The van der Waals surface area contributed by atoms with E-state index in [0.717, 1.165) is 6.61 Å². The molecule has 0 radical (unpaired) electrons. The van der Waals surface area contributed by atoms with Crippen LogP contribution in [0.15, 0.2) is 0 Å². The Hall–Kier alpha value is -0.0800. The molecule has 1 heterocycles. The second-order valence-electron chi connectivity index (χ2n) is 4.16. The highest BCUT2D eigenvalue weighted by Gasteiger charge is 2.29. The lowest BCUT2D eigenvalue weighted by Gasteiger charge is -2.44. The summed E-state index contributed by atoms with van der Waals surface area (Å²) < 4.78 is 5.58. The SMILES string of the molecule is CC(C)OC[C@@H]1CCN1C(C)C. The Balaban J connectivity index is 2.17. The van der Waals surface area contributed by atoms with Gasteiger partial charge >= 0.3 is 0 Å². The van der Waals surface area contributed by atoms with Crippen molar-refractivity contribution in [3.05, 3.63) is 0 Å². The van der Waals surface area contributed by atoms with Crippen LogP contribution in [0.4, 0.5) is 0 Å². The van der Waals surface area contributed by atoms with E-state index in [4.69, 9.17) is 4.74 Å². The van der Waals surface area contributed by atoms with E-state index in [0.29, 0.717) is 18.2 Å². The molecule has 1 fully saturated rings. The summed E-state index contributed by atoms with van der Waals surface area (Å²) in [7, 11) is 0. The zero-order valence-electron chi connectivity index (χ0n) is 8.71. The van der Waals surface area contributed by atoms with E-state index in [-0.39, 0.29) is 0 Å². The maximum absolute atomic E-state index is 5.58. The smallest absolute Gasteiger partial charge is 0.0625 e. The molecule has 72 valence electrons. The van der Waals surface area contributed by atoms with Gasteiger partial charge in [-0.3, -0.25) is 4.90 Å². The Kier molecular flexibility index (Phi) is 3.53. The highest BCUT2D eigenvalue weighted by atomic mass is 16.5. The molecule has 1 aliphatic heterocycles. The summed E-state index contributed by atoms with van der Waals surface area (Å²) in [6.07, 6.45) is 1.69. The maximum Gasteiger partial charge on any atom is 0.0625 e. The van der Waals surface area contributed by atoms with E-state index in [1.807, 2.05) is 0 Å². The zero-order valence-corrected chi connectivity index (χ0v) is 8.71. The van der Waals surface area contributed by atoms with Gasteiger partial charge in [0.15, 0.2) is 0 Å². The van der Waals surface area contributed by atoms with Crippen LogP contribution in [0.3, 0.4) is 0 Å². The fourth-order valence-electron chi connectivity index (χ4n) is 1.62. The number of hydrogen-bond acceptors (Lipinski definition) is 2. The molecule has 2 heteroatoms. The van der Waals surface area contributed by atoms with Crippen molar-refractivity contribution >= 4 is 0 Å². The van der Waals surface area contributed by atoms with Crippen LogP contribution in [0.25, 0.3) is 0 Å². The van der Waals surface area contributed by atoms with E-state index in [9.17, 15) is 0 Å². The molecule has 1 atom stereocenters. The number of ether oxygens (including phenoxy) is 1. The summed E-state index contributed by atoms with van der Waals surface area (Å²) in [5.41, 5.74) is 0. The summed E-state index contributed by atoms with van der Waals surface area (Å²) in [5.74, 6) is 0. The second kappa shape index (κ2) is 4.24. The molecule has 0 aromatic heterocycles. The minimum atomic E-state index is 0.375. The van der Waals surface area contributed by atoms with Crippen LogP contribution in [-0.4, -0.2) is 36.2 Å². The van der Waals surface area contributed by atoms with Gasteiger partial charge in [-0.2, -0.15) is 0 Å². The van der Waals surface area contributed by atoms with Crippen LogP contribution in [0, 0.1) is 0 Å². The van der Waals surface area contributed by atoms with Gasteiger partial charge in [0.2, 0.25) is 0 Å². The molecule has 0 bridgehead atoms. The normalized spacial score (nSPS) is 25.0. The lowest BCUT2D eigenvalue weighted by Crippen LogP contribution is -2.53. The van der Waals surface area contributed by atoms with Gasteiger partial charge < -0.3 is 4.74 Å². The minimum Gasteiger partial charge on any atom is -0.377 e. The molecule has 0 aliphatic carbocycles. The standard InChI is InChI=1S/C10H21NO/c1-8(2)11-6-5-10(11)7-12-9(3)4/h8-10H,5-7H2,1-4H3/t10-/m0/s1. The Bertz CT molecular complexity index is 134.